The van der Waals surface area contributed by atoms with E-state index in [9.17, 15) is 8.78 Å². The van der Waals surface area contributed by atoms with Crippen molar-refractivity contribution >= 4 is 29.9 Å². The summed E-state index contributed by atoms with van der Waals surface area (Å²) in [6.45, 7) is 7.81. The highest BCUT2D eigenvalue weighted by Crippen LogP contribution is 2.17. The second-order valence-corrected chi connectivity index (χ2v) is 5.82. The van der Waals surface area contributed by atoms with Crippen LogP contribution in [-0.2, 0) is 13.6 Å². The average molecular weight is 493 g/mol. The summed E-state index contributed by atoms with van der Waals surface area (Å²) in [6, 6.07) is 3.24. The van der Waals surface area contributed by atoms with Crippen molar-refractivity contribution in [3.63, 3.8) is 0 Å². The number of rotatable bonds is 7. The molecule has 2 rings (SSSR count). The second kappa shape index (κ2) is 11.1. The largest absolute Gasteiger partial charge is 0.489 e. The predicted octanol–water partition coefficient (Wildman–Crippen LogP) is 3.07. The fourth-order valence-electron chi connectivity index (χ4n) is 2.47. The lowest BCUT2D eigenvalue weighted by Crippen LogP contribution is -2.39. The first-order valence-electron chi connectivity index (χ1n) is 8.51. The van der Waals surface area contributed by atoms with Crippen LogP contribution in [0.4, 0.5) is 8.78 Å². The minimum Gasteiger partial charge on any atom is -0.489 e. The van der Waals surface area contributed by atoms with Crippen LogP contribution in [0.25, 0.3) is 0 Å². The van der Waals surface area contributed by atoms with Gasteiger partial charge < -0.3 is 15.4 Å². The summed E-state index contributed by atoms with van der Waals surface area (Å²) in [7, 11) is 1.91. The molecule has 27 heavy (non-hydrogen) atoms. The van der Waals surface area contributed by atoms with Crippen LogP contribution in [0.1, 0.15) is 23.9 Å². The van der Waals surface area contributed by atoms with Crippen LogP contribution < -0.4 is 15.4 Å². The van der Waals surface area contributed by atoms with Crippen LogP contribution >= 0.6 is 24.0 Å². The first-order chi connectivity index (χ1) is 12.4. The number of nitrogens with zero attached hydrogens (tertiary/aromatic N) is 3. The van der Waals surface area contributed by atoms with E-state index in [0.29, 0.717) is 25.6 Å². The predicted molar refractivity (Wildman–Crippen MR) is 113 cm³/mol. The van der Waals surface area contributed by atoms with E-state index in [2.05, 4.69) is 20.7 Å². The molecule has 2 aromatic rings. The Labute approximate surface area is 175 Å². The molecule has 150 valence electrons. The molecular formula is C18H26F2IN5O. The van der Waals surface area contributed by atoms with Gasteiger partial charge in [0.25, 0.3) is 0 Å². The van der Waals surface area contributed by atoms with Gasteiger partial charge in [-0.25, -0.2) is 13.8 Å². The number of aromatic nitrogens is 2. The van der Waals surface area contributed by atoms with Gasteiger partial charge >= 0.3 is 0 Å². The van der Waals surface area contributed by atoms with Gasteiger partial charge in [-0.2, -0.15) is 5.10 Å². The number of aryl methyl sites for hydroxylation is 2. The minimum atomic E-state index is -0.715. The fourth-order valence-corrected chi connectivity index (χ4v) is 2.47. The summed E-state index contributed by atoms with van der Waals surface area (Å²) < 4.78 is 33.5. The quantitative estimate of drug-likeness (QED) is 0.270. The maximum Gasteiger partial charge on any atom is 0.191 e. The first kappa shape index (κ1) is 23.1. The Hall–Kier alpha value is -1.91. The van der Waals surface area contributed by atoms with Gasteiger partial charge in [0.1, 0.15) is 12.4 Å². The molecule has 0 aliphatic rings. The molecule has 0 spiro atoms. The molecule has 0 amide bonds. The lowest BCUT2D eigenvalue weighted by molar-refractivity contribution is 0.304. The topological polar surface area (TPSA) is 63.5 Å². The van der Waals surface area contributed by atoms with E-state index in [1.54, 1.807) is 0 Å². The molecule has 0 bridgehead atoms. The van der Waals surface area contributed by atoms with E-state index in [-0.39, 0.29) is 36.3 Å². The Bertz CT molecular complexity index is 779. The summed E-state index contributed by atoms with van der Waals surface area (Å²) in [5.74, 6) is -0.682. The van der Waals surface area contributed by atoms with Crippen LogP contribution in [0, 0.1) is 25.5 Å². The molecule has 0 unspecified atom stereocenters. The Morgan fingerprint density at radius 1 is 1.26 bits per heavy atom. The Morgan fingerprint density at radius 2 is 2.00 bits per heavy atom. The van der Waals surface area contributed by atoms with Crippen molar-refractivity contribution in [3.8, 4) is 5.75 Å². The highest BCUT2D eigenvalue weighted by molar-refractivity contribution is 14.0. The van der Waals surface area contributed by atoms with E-state index in [1.807, 2.05) is 32.5 Å². The molecule has 0 aliphatic carbocycles. The van der Waals surface area contributed by atoms with Gasteiger partial charge in [0.2, 0.25) is 0 Å². The highest BCUT2D eigenvalue weighted by Gasteiger charge is 2.09. The average Bonchev–Trinajstić information content (AvgIpc) is 2.83. The number of hydrogen-bond donors (Lipinski definition) is 2. The van der Waals surface area contributed by atoms with Gasteiger partial charge in [-0.1, -0.05) is 0 Å². The van der Waals surface area contributed by atoms with Gasteiger partial charge in [0.15, 0.2) is 17.5 Å². The van der Waals surface area contributed by atoms with Crippen molar-refractivity contribution in [1.82, 2.24) is 20.4 Å². The van der Waals surface area contributed by atoms with Gasteiger partial charge in [-0.05, 0) is 32.9 Å². The molecule has 0 fully saturated rings. The fraction of sp³-hybridized carbons (Fsp3) is 0.444. The molecule has 9 heteroatoms. The summed E-state index contributed by atoms with van der Waals surface area (Å²) in [5, 5.41) is 10.7. The van der Waals surface area contributed by atoms with Crippen LogP contribution in [0.15, 0.2) is 23.2 Å². The molecule has 1 aromatic heterocycles. The third kappa shape index (κ3) is 6.64. The SMILES string of the molecule is CCNC(=NCc1c(C)nn(C)c1C)NCCOc1ccc(F)cc1F.I. The number of halogens is 3. The Kier molecular flexibility index (Phi) is 9.47. The summed E-state index contributed by atoms with van der Waals surface area (Å²) in [6.07, 6.45) is 0. The standard InChI is InChI=1S/C18H25F2N5O.HI/c1-5-21-18(23-11-15-12(2)24-25(4)13(15)3)22-8-9-26-17-7-6-14(19)10-16(17)20;/h6-7,10H,5,8-9,11H2,1-4H3,(H2,21,22,23);1H. The Morgan fingerprint density at radius 3 is 2.59 bits per heavy atom. The van der Waals surface area contributed by atoms with Gasteiger partial charge in [0, 0.05) is 30.9 Å². The van der Waals surface area contributed by atoms with Gasteiger partial charge in [0.05, 0.1) is 18.8 Å². The number of ether oxygens (including phenoxy) is 1. The normalized spacial score (nSPS) is 11.1. The van der Waals surface area contributed by atoms with Crippen molar-refractivity contribution in [2.24, 2.45) is 12.0 Å². The van der Waals surface area contributed by atoms with Crippen molar-refractivity contribution in [2.45, 2.75) is 27.3 Å². The van der Waals surface area contributed by atoms with Crippen LogP contribution in [-0.4, -0.2) is 35.4 Å². The van der Waals surface area contributed by atoms with E-state index >= 15 is 0 Å². The molecule has 1 aromatic carbocycles. The van der Waals surface area contributed by atoms with Crippen LogP contribution in [0.3, 0.4) is 0 Å². The third-order valence-corrected chi connectivity index (χ3v) is 3.94. The Balaban J connectivity index is 0.00000364. The molecule has 1 heterocycles. The van der Waals surface area contributed by atoms with Gasteiger partial charge in [-0.15, -0.1) is 24.0 Å². The van der Waals surface area contributed by atoms with E-state index in [0.717, 1.165) is 29.1 Å². The second-order valence-electron chi connectivity index (χ2n) is 5.82. The zero-order chi connectivity index (χ0) is 19.1. The van der Waals surface area contributed by atoms with Gasteiger partial charge in [-0.3, -0.25) is 4.68 Å². The molecule has 0 saturated carbocycles. The zero-order valence-electron chi connectivity index (χ0n) is 16.0. The molecule has 2 N–H and O–H groups in total. The number of guanidine groups is 1. The minimum absolute atomic E-state index is 0. The van der Waals surface area contributed by atoms with Crippen molar-refractivity contribution < 1.29 is 13.5 Å². The zero-order valence-corrected chi connectivity index (χ0v) is 18.3. The van der Waals surface area contributed by atoms with Crippen molar-refractivity contribution in [3.05, 3.63) is 46.8 Å². The van der Waals surface area contributed by atoms with Crippen molar-refractivity contribution in [2.75, 3.05) is 19.7 Å². The molecule has 0 saturated heterocycles. The van der Waals surface area contributed by atoms with Crippen molar-refractivity contribution in [1.29, 1.82) is 0 Å². The molecule has 6 nitrogen and oxygen atoms in total. The lowest BCUT2D eigenvalue weighted by Gasteiger charge is -2.12. The number of nitrogens with one attached hydrogen (secondary N) is 2. The summed E-state index contributed by atoms with van der Waals surface area (Å²) in [4.78, 5) is 4.55. The van der Waals surface area contributed by atoms with E-state index in [1.165, 1.54) is 6.07 Å². The van der Waals surface area contributed by atoms with Crippen LogP contribution in [0.5, 0.6) is 5.75 Å². The smallest absolute Gasteiger partial charge is 0.191 e. The van der Waals surface area contributed by atoms with Crippen LogP contribution in [0.2, 0.25) is 0 Å². The molecule has 0 aliphatic heterocycles. The number of aliphatic imine (C=N–C) groups is 1. The highest BCUT2D eigenvalue weighted by atomic mass is 127. The number of benzene rings is 1. The maximum absolute atomic E-state index is 13.5. The first-order valence-corrected chi connectivity index (χ1v) is 8.51. The number of hydrogen-bond acceptors (Lipinski definition) is 3. The molecular weight excluding hydrogens is 467 g/mol. The molecule has 0 radical (unpaired) electrons. The summed E-state index contributed by atoms with van der Waals surface area (Å²) in [5.41, 5.74) is 3.13. The monoisotopic (exact) mass is 493 g/mol. The molecule has 0 atom stereocenters. The van der Waals surface area contributed by atoms with E-state index in [4.69, 9.17) is 4.74 Å². The van der Waals surface area contributed by atoms with E-state index < -0.39 is 11.6 Å². The lowest BCUT2D eigenvalue weighted by atomic mass is 10.2. The maximum atomic E-state index is 13.5. The summed E-state index contributed by atoms with van der Waals surface area (Å²) >= 11 is 0. The third-order valence-electron chi connectivity index (χ3n) is 3.94.